The van der Waals surface area contributed by atoms with Crippen molar-refractivity contribution in [3.8, 4) is 0 Å². The minimum Gasteiger partial charge on any atom is -0.325 e. The Morgan fingerprint density at radius 3 is 2.71 bits per heavy atom. The molecule has 1 aromatic rings. The highest BCUT2D eigenvalue weighted by atomic mass is 16.2. The second kappa shape index (κ2) is 3.57. The number of nitrogens with one attached hydrogen (secondary N) is 1. The lowest BCUT2D eigenvalue weighted by Crippen LogP contribution is -2.45. The monoisotopic (exact) mass is 230 g/mol. The molecule has 0 unspecified atom stereocenters. The van der Waals surface area contributed by atoms with Crippen molar-refractivity contribution in [2.75, 3.05) is 25.5 Å². The predicted molar refractivity (Wildman–Crippen MR) is 68.2 cm³/mol. The normalized spacial score (nSPS) is 22.6. The van der Waals surface area contributed by atoms with Crippen LogP contribution in [-0.2, 0) is 10.2 Å². The van der Waals surface area contributed by atoms with E-state index in [4.69, 9.17) is 0 Å². The van der Waals surface area contributed by atoms with E-state index in [1.54, 1.807) is 0 Å². The van der Waals surface area contributed by atoms with Crippen molar-refractivity contribution < 1.29 is 4.79 Å². The van der Waals surface area contributed by atoms with Crippen molar-refractivity contribution in [2.45, 2.75) is 25.2 Å². The van der Waals surface area contributed by atoms with Gasteiger partial charge in [-0.25, -0.2) is 0 Å². The van der Waals surface area contributed by atoms with Gasteiger partial charge in [-0.15, -0.1) is 0 Å². The van der Waals surface area contributed by atoms with Crippen molar-refractivity contribution in [3.05, 3.63) is 29.3 Å². The molecule has 0 saturated carbocycles. The van der Waals surface area contributed by atoms with Gasteiger partial charge in [-0.2, -0.15) is 0 Å². The molecule has 0 radical (unpaired) electrons. The number of anilines is 1. The highest BCUT2D eigenvalue weighted by Gasteiger charge is 2.47. The largest absolute Gasteiger partial charge is 0.325 e. The number of amides is 1. The topological polar surface area (TPSA) is 32.3 Å². The van der Waals surface area contributed by atoms with Crippen LogP contribution in [0, 0.1) is 6.92 Å². The summed E-state index contributed by atoms with van der Waals surface area (Å²) >= 11 is 0. The Labute approximate surface area is 102 Å². The molecule has 3 nitrogen and oxygen atoms in total. The summed E-state index contributed by atoms with van der Waals surface area (Å²) in [7, 11) is 2.12. The van der Waals surface area contributed by atoms with E-state index >= 15 is 0 Å². The van der Waals surface area contributed by atoms with Crippen molar-refractivity contribution in [2.24, 2.45) is 0 Å². The van der Waals surface area contributed by atoms with E-state index in [2.05, 4.69) is 36.3 Å². The zero-order valence-electron chi connectivity index (χ0n) is 10.4. The number of fused-ring (bicyclic) bond motifs is 2. The number of carbonyl (C=O) groups excluding carboxylic acids is 1. The Morgan fingerprint density at radius 1 is 1.29 bits per heavy atom. The first-order valence-corrected chi connectivity index (χ1v) is 6.23. The molecule has 1 aromatic carbocycles. The van der Waals surface area contributed by atoms with Gasteiger partial charge < -0.3 is 10.2 Å². The number of carbonyl (C=O) groups is 1. The van der Waals surface area contributed by atoms with E-state index in [1.807, 2.05) is 6.07 Å². The maximum atomic E-state index is 12.3. The molecular weight excluding hydrogens is 212 g/mol. The van der Waals surface area contributed by atoms with Crippen LogP contribution in [0.25, 0.3) is 0 Å². The quantitative estimate of drug-likeness (QED) is 0.738. The number of benzene rings is 1. The summed E-state index contributed by atoms with van der Waals surface area (Å²) in [5.74, 6) is 0.200. The van der Waals surface area contributed by atoms with Gasteiger partial charge in [-0.05, 0) is 51.5 Å². The van der Waals surface area contributed by atoms with Gasteiger partial charge in [0.05, 0.1) is 5.41 Å². The molecule has 0 aromatic heterocycles. The van der Waals surface area contributed by atoms with Crippen molar-refractivity contribution in [1.82, 2.24) is 4.90 Å². The number of nitrogens with zero attached hydrogens (tertiary/aromatic N) is 1. The summed E-state index contributed by atoms with van der Waals surface area (Å²) in [5, 5.41) is 3.04. The van der Waals surface area contributed by atoms with Crippen LogP contribution in [0.1, 0.15) is 24.0 Å². The Balaban J connectivity index is 2.06. The molecule has 0 bridgehead atoms. The van der Waals surface area contributed by atoms with Crippen LogP contribution >= 0.6 is 0 Å². The highest BCUT2D eigenvalue weighted by molar-refractivity contribution is 6.06. The third kappa shape index (κ3) is 1.49. The Morgan fingerprint density at radius 2 is 2.00 bits per heavy atom. The molecule has 1 saturated heterocycles. The molecule has 2 aliphatic heterocycles. The van der Waals surface area contributed by atoms with E-state index < -0.39 is 0 Å². The first-order valence-electron chi connectivity index (χ1n) is 6.23. The first-order chi connectivity index (χ1) is 8.12. The molecule has 2 heterocycles. The van der Waals surface area contributed by atoms with Crippen molar-refractivity contribution in [3.63, 3.8) is 0 Å². The maximum absolute atomic E-state index is 12.3. The minimum atomic E-state index is -0.256. The standard InChI is InChI=1S/C14H18N2O/c1-10-3-4-12-11(9-10)14(13(17)15-12)5-7-16(2)8-6-14/h3-4,9H,5-8H2,1-2H3,(H,15,17). The SMILES string of the molecule is Cc1ccc2c(c1)C1(CCN(C)CC1)C(=O)N2. The fourth-order valence-corrected chi connectivity index (χ4v) is 3.02. The first kappa shape index (κ1) is 10.8. The smallest absolute Gasteiger partial charge is 0.235 e. The molecular formula is C14H18N2O. The van der Waals surface area contributed by atoms with Gasteiger partial charge in [0.15, 0.2) is 0 Å². The second-order valence-electron chi connectivity index (χ2n) is 5.39. The molecule has 2 aliphatic rings. The maximum Gasteiger partial charge on any atom is 0.235 e. The van der Waals surface area contributed by atoms with Gasteiger partial charge >= 0.3 is 0 Å². The summed E-state index contributed by atoms with van der Waals surface area (Å²) in [6.45, 7) is 4.09. The molecule has 17 heavy (non-hydrogen) atoms. The van der Waals surface area contributed by atoms with E-state index in [0.717, 1.165) is 31.6 Å². The summed E-state index contributed by atoms with van der Waals surface area (Å²) in [6.07, 6.45) is 1.87. The van der Waals surface area contributed by atoms with E-state index in [0.29, 0.717) is 0 Å². The Bertz CT molecular complexity index is 473. The van der Waals surface area contributed by atoms with Gasteiger partial charge in [0, 0.05) is 5.69 Å². The molecule has 0 aliphatic carbocycles. The average Bonchev–Trinajstić information content (AvgIpc) is 2.57. The van der Waals surface area contributed by atoms with Crippen LogP contribution in [0.3, 0.4) is 0 Å². The molecule has 1 fully saturated rings. The van der Waals surface area contributed by atoms with Gasteiger partial charge in [0.1, 0.15) is 0 Å². The third-order valence-electron chi connectivity index (χ3n) is 4.21. The fraction of sp³-hybridized carbons (Fsp3) is 0.500. The summed E-state index contributed by atoms with van der Waals surface area (Å²) < 4.78 is 0. The zero-order chi connectivity index (χ0) is 12.0. The minimum absolute atomic E-state index is 0.200. The van der Waals surface area contributed by atoms with Crippen LogP contribution in [0.5, 0.6) is 0 Å². The fourth-order valence-electron chi connectivity index (χ4n) is 3.02. The molecule has 3 heteroatoms. The van der Waals surface area contributed by atoms with Crippen LogP contribution in [0.15, 0.2) is 18.2 Å². The average molecular weight is 230 g/mol. The van der Waals surface area contributed by atoms with Gasteiger partial charge in [-0.1, -0.05) is 17.7 Å². The summed E-state index contributed by atoms with van der Waals surface area (Å²) in [5.41, 5.74) is 3.22. The van der Waals surface area contributed by atoms with E-state index in [1.165, 1.54) is 11.1 Å². The molecule has 1 amide bonds. The predicted octanol–water partition coefficient (Wildman–Crippen LogP) is 1.91. The Kier molecular flexibility index (Phi) is 2.26. The lowest BCUT2D eigenvalue weighted by molar-refractivity contribution is -0.122. The van der Waals surface area contributed by atoms with Crippen molar-refractivity contribution in [1.29, 1.82) is 0 Å². The van der Waals surface area contributed by atoms with Crippen LogP contribution < -0.4 is 5.32 Å². The molecule has 90 valence electrons. The number of piperidine rings is 1. The van der Waals surface area contributed by atoms with Crippen LogP contribution in [0.4, 0.5) is 5.69 Å². The molecule has 1 spiro atoms. The number of hydrogen-bond acceptors (Lipinski definition) is 2. The van der Waals surface area contributed by atoms with Crippen molar-refractivity contribution >= 4 is 11.6 Å². The molecule has 1 N–H and O–H groups in total. The van der Waals surface area contributed by atoms with Crippen LogP contribution in [-0.4, -0.2) is 30.9 Å². The summed E-state index contributed by atoms with van der Waals surface area (Å²) in [6, 6.07) is 6.28. The summed E-state index contributed by atoms with van der Waals surface area (Å²) in [4.78, 5) is 14.6. The van der Waals surface area contributed by atoms with Gasteiger partial charge in [0.25, 0.3) is 0 Å². The van der Waals surface area contributed by atoms with Gasteiger partial charge in [0.2, 0.25) is 5.91 Å². The third-order valence-corrected chi connectivity index (χ3v) is 4.21. The second-order valence-corrected chi connectivity index (χ2v) is 5.39. The number of hydrogen-bond donors (Lipinski definition) is 1. The lowest BCUT2D eigenvalue weighted by atomic mass is 9.73. The number of rotatable bonds is 0. The number of aryl methyl sites for hydroxylation is 1. The Hall–Kier alpha value is -1.35. The zero-order valence-corrected chi connectivity index (χ0v) is 10.4. The number of likely N-dealkylation sites (tertiary alicyclic amines) is 1. The van der Waals surface area contributed by atoms with E-state index in [-0.39, 0.29) is 11.3 Å². The van der Waals surface area contributed by atoms with Gasteiger partial charge in [-0.3, -0.25) is 4.79 Å². The van der Waals surface area contributed by atoms with E-state index in [9.17, 15) is 4.79 Å². The van der Waals surface area contributed by atoms with Crippen LogP contribution in [0.2, 0.25) is 0 Å². The highest BCUT2D eigenvalue weighted by Crippen LogP contribution is 2.44. The molecule has 0 atom stereocenters. The lowest BCUT2D eigenvalue weighted by Gasteiger charge is -2.36. The molecule has 3 rings (SSSR count).